The predicted octanol–water partition coefficient (Wildman–Crippen LogP) is 2.53. The highest BCUT2D eigenvalue weighted by molar-refractivity contribution is 7.74. The van der Waals surface area contributed by atoms with Gasteiger partial charge in [0.15, 0.2) is 0 Å². The molecule has 0 bridgehead atoms. The van der Waals surface area contributed by atoms with Gasteiger partial charge in [0.25, 0.3) is 0 Å². The molecule has 0 saturated carbocycles. The van der Waals surface area contributed by atoms with Crippen molar-refractivity contribution >= 4 is 11.4 Å². The van der Waals surface area contributed by atoms with Crippen LogP contribution in [-0.4, -0.2) is 8.76 Å². The first-order valence-corrected chi connectivity index (χ1v) is 5.69. The maximum atomic E-state index is 10.5. The molecular weight excluding hydrogens is 224 g/mol. The monoisotopic (exact) mass is 233 g/mol. The van der Waals surface area contributed by atoms with Gasteiger partial charge in [0.2, 0.25) is 0 Å². The molecule has 0 aliphatic carbocycles. The molecule has 0 saturated heterocycles. The first-order chi connectivity index (χ1) is 7.77. The molecule has 0 radical (unpaired) electrons. The maximum absolute atomic E-state index is 10.5. The van der Waals surface area contributed by atoms with Crippen molar-refractivity contribution in [1.29, 1.82) is 0 Å². The Bertz CT molecular complexity index is 497. The van der Waals surface area contributed by atoms with Gasteiger partial charge < -0.3 is 8.74 Å². The van der Waals surface area contributed by atoms with Crippen LogP contribution in [0.2, 0.25) is 0 Å². The second-order valence-corrected chi connectivity index (χ2v) is 3.72. The fourth-order valence-corrected chi connectivity index (χ4v) is 1.76. The van der Waals surface area contributed by atoms with Crippen LogP contribution in [0.1, 0.15) is 0 Å². The second kappa shape index (κ2) is 4.92. The second-order valence-electron chi connectivity index (χ2n) is 3.15. The Hall–Kier alpha value is -1.65. The molecule has 0 aliphatic rings. The molecule has 4 heteroatoms. The Balaban J connectivity index is 2.44. The summed E-state index contributed by atoms with van der Waals surface area (Å²) < 4.78 is 25.8. The zero-order chi connectivity index (χ0) is 11.4. The molecule has 2 aromatic rings. The molecule has 0 heterocycles. The van der Waals surface area contributed by atoms with Crippen molar-refractivity contribution in [3.05, 3.63) is 54.6 Å². The van der Waals surface area contributed by atoms with Crippen LogP contribution < -0.4 is 4.18 Å². The molecular formula is C12H9O3S-. The van der Waals surface area contributed by atoms with Crippen LogP contribution in [0.5, 0.6) is 5.75 Å². The smallest absolute Gasteiger partial charge is 0.147 e. The van der Waals surface area contributed by atoms with Crippen molar-refractivity contribution in [3.8, 4) is 16.9 Å². The van der Waals surface area contributed by atoms with Crippen LogP contribution in [0, 0.1) is 0 Å². The minimum Gasteiger partial charge on any atom is -0.740 e. The van der Waals surface area contributed by atoms with Crippen LogP contribution >= 0.6 is 0 Å². The summed E-state index contributed by atoms with van der Waals surface area (Å²) in [5.41, 5.74) is 1.68. The molecule has 0 spiro atoms. The number of rotatable bonds is 3. The van der Waals surface area contributed by atoms with Crippen molar-refractivity contribution in [2.24, 2.45) is 0 Å². The lowest BCUT2D eigenvalue weighted by molar-refractivity contribution is 0.441. The van der Waals surface area contributed by atoms with Crippen LogP contribution in [0.4, 0.5) is 0 Å². The van der Waals surface area contributed by atoms with Gasteiger partial charge in [0.1, 0.15) is 17.1 Å². The van der Waals surface area contributed by atoms with Gasteiger partial charge >= 0.3 is 0 Å². The fourth-order valence-electron chi connectivity index (χ4n) is 1.47. The lowest BCUT2D eigenvalue weighted by atomic mass is 10.1. The van der Waals surface area contributed by atoms with Gasteiger partial charge in [-0.15, -0.1) is 0 Å². The van der Waals surface area contributed by atoms with E-state index in [2.05, 4.69) is 0 Å². The summed E-state index contributed by atoms with van der Waals surface area (Å²) >= 11 is -2.55. The average molecular weight is 233 g/mol. The summed E-state index contributed by atoms with van der Waals surface area (Å²) in [5.74, 6) is 0.335. The van der Waals surface area contributed by atoms with E-state index in [1.807, 2.05) is 42.5 Å². The topological polar surface area (TPSA) is 49.4 Å². The van der Waals surface area contributed by atoms with Gasteiger partial charge in [0.05, 0.1) is 0 Å². The summed E-state index contributed by atoms with van der Waals surface area (Å²) in [6, 6.07) is 16.5. The molecule has 3 nitrogen and oxygen atoms in total. The summed E-state index contributed by atoms with van der Waals surface area (Å²) in [5, 5.41) is 0. The molecule has 82 valence electrons. The van der Waals surface area contributed by atoms with Crippen LogP contribution in [-0.2, 0) is 11.4 Å². The number of para-hydroxylation sites is 1. The zero-order valence-corrected chi connectivity index (χ0v) is 9.15. The van der Waals surface area contributed by atoms with E-state index < -0.39 is 11.4 Å². The van der Waals surface area contributed by atoms with Gasteiger partial charge in [-0.1, -0.05) is 48.5 Å². The van der Waals surface area contributed by atoms with Gasteiger partial charge in [-0.3, -0.25) is 0 Å². The predicted molar refractivity (Wildman–Crippen MR) is 61.4 cm³/mol. The molecule has 1 atom stereocenters. The molecule has 16 heavy (non-hydrogen) atoms. The highest BCUT2D eigenvalue weighted by Gasteiger charge is 2.04. The highest BCUT2D eigenvalue weighted by Crippen LogP contribution is 2.29. The van der Waals surface area contributed by atoms with Crippen LogP contribution in [0.15, 0.2) is 54.6 Å². The third-order valence-corrected chi connectivity index (χ3v) is 2.45. The minimum absolute atomic E-state index is 0.335. The van der Waals surface area contributed by atoms with Crippen molar-refractivity contribution in [2.75, 3.05) is 0 Å². The normalized spacial score (nSPS) is 12.1. The zero-order valence-electron chi connectivity index (χ0n) is 8.33. The quantitative estimate of drug-likeness (QED) is 0.765. The molecule has 2 rings (SSSR count). The third kappa shape index (κ3) is 2.48. The molecule has 0 amide bonds. The number of benzene rings is 2. The summed E-state index contributed by atoms with van der Waals surface area (Å²) in [4.78, 5) is 0. The van der Waals surface area contributed by atoms with E-state index in [-0.39, 0.29) is 0 Å². The number of hydrogen-bond donors (Lipinski definition) is 0. The molecule has 0 aliphatic heterocycles. The standard InChI is InChI=1S/C12H10O3S/c13-16(14)15-12-9-5-4-8-11(12)10-6-2-1-3-7-10/h1-9H,(H,13,14)/p-1. The average Bonchev–Trinajstić information content (AvgIpc) is 2.30. The Kier molecular flexibility index (Phi) is 3.34. The van der Waals surface area contributed by atoms with E-state index in [4.69, 9.17) is 4.18 Å². The SMILES string of the molecule is O=S([O-])Oc1ccccc1-c1ccccc1. The van der Waals surface area contributed by atoms with Crippen molar-refractivity contribution in [2.45, 2.75) is 0 Å². The van der Waals surface area contributed by atoms with E-state index in [1.54, 1.807) is 12.1 Å². The van der Waals surface area contributed by atoms with E-state index in [0.717, 1.165) is 11.1 Å². The summed E-state index contributed by atoms with van der Waals surface area (Å²) in [6.07, 6.45) is 0. The molecule has 2 aromatic carbocycles. The summed E-state index contributed by atoms with van der Waals surface area (Å²) in [6.45, 7) is 0. The number of hydrogen-bond acceptors (Lipinski definition) is 3. The maximum Gasteiger partial charge on any atom is 0.147 e. The Morgan fingerprint density at radius 2 is 1.56 bits per heavy atom. The van der Waals surface area contributed by atoms with Crippen molar-refractivity contribution in [3.63, 3.8) is 0 Å². The van der Waals surface area contributed by atoms with Gasteiger partial charge in [-0.05, 0) is 11.6 Å². The molecule has 0 fully saturated rings. The van der Waals surface area contributed by atoms with Gasteiger partial charge in [-0.2, -0.15) is 0 Å². The van der Waals surface area contributed by atoms with E-state index in [9.17, 15) is 8.76 Å². The largest absolute Gasteiger partial charge is 0.740 e. The lowest BCUT2D eigenvalue weighted by Crippen LogP contribution is -1.99. The lowest BCUT2D eigenvalue weighted by Gasteiger charge is -2.11. The first kappa shape index (κ1) is 10.9. The van der Waals surface area contributed by atoms with Crippen molar-refractivity contribution < 1.29 is 12.9 Å². The van der Waals surface area contributed by atoms with E-state index in [1.165, 1.54) is 0 Å². The van der Waals surface area contributed by atoms with Gasteiger partial charge in [0, 0.05) is 5.56 Å². The first-order valence-electron chi connectivity index (χ1n) is 4.69. The molecule has 0 N–H and O–H groups in total. The fraction of sp³-hybridized carbons (Fsp3) is 0. The van der Waals surface area contributed by atoms with Gasteiger partial charge in [-0.25, -0.2) is 4.21 Å². The molecule has 1 unspecified atom stereocenters. The third-order valence-electron chi connectivity index (χ3n) is 2.13. The Morgan fingerprint density at radius 1 is 0.938 bits per heavy atom. The molecule has 0 aromatic heterocycles. The minimum atomic E-state index is -2.55. The van der Waals surface area contributed by atoms with Crippen LogP contribution in [0.25, 0.3) is 11.1 Å². The van der Waals surface area contributed by atoms with Crippen molar-refractivity contribution in [1.82, 2.24) is 0 Å². The highest BCUT2D eigenvalue weighted by atomic mass is 32.2. The van der Waals surface area contributed by atoms with E-state index >= 15 is 0 Å². The Morgan fingerprint density at radius 3 is 2.25 bits per heavy atom. The van der Waals surface area contributed by atoms with E-state index in [0.29, 0.717) is 5.75 Å². The Labute approximate surface area is 96.2 Å². The summed E-state index contributed by atoms with van der Waals surface area (Å²) in [7, 11) is 0. The van der Waals surface area contributed by atoms with Crippen LogP contribution in [0.3, 0.4) is 0 Å².